The van der Waals surface area contributed by atoms with Crippen LogP contribution in [0.5, 0.6) is 0 Å². The average Bonchev–Trinajstić information content (AvgIpc) is 2.57. The molecule has 1 aliphatic rings. The highest BCUT2D eigenvalue weighted by atomic mass is 32.2. The van der Waals surface area contributed by atoms with Crippen molar-refractivity contribution in [1.82, 2.24) is 5.32 Å². The molecule has 5 heteroatoms. The van der Waals surface area contributed by atoms with Crippen LogP contribution in [-0.2, 0) is 4.79 Å². The van der Waals surface area contributed by atoms with Gasteiger partial charge in [-0.15, -0.1) is 11.8 Å². The zero-order valence-corrected chi connectivity index (χ0v) is 12.9. The highest BCUT2D eigenvalue weighted by molar-refractivity contribution is 7.99. The molecule has 1 aromatic rings. The molecule has 0 atom stereocenters. The predicted octanol–water partition coefficient (Wildman–Crippen LogP) is 3.04. The van der Waals surface area contributed by atoms with Crippen LogP contribution < -0.4 is 10.6 Å². The molecule has 0 aromatic heterocycles. The quantitative estimate of drug-likeness (QED) is 0.900. The second-order valence-corrected chi connectivity index (χ2v) is 6.69. The number of hydrogen-bond acceptors (Lipinski definition) is 3. The summed E-state index contributed by atoms with van der Waals surface area (Å²) >= 11 is 1.64. The van der Waals surface area contributed by atoms with Crippen LogP contribution in [0.1, 0.15) is 44.0 Å². The largest absolute Gasteiger partial charge is 0.347 e. The fourth-order valence-corrected chi connectivity index (χ4v) is 2.77. The van der Waals surface area contributed by atoms with Crippen LogP contribution in [0.15, 0.2) is 23.1 Å². The van der Waals surface area contributed by atoms with Gasteiger partial charge in [-0.05, 0) is 38.5 Å². The summed E-state index contributed by atoms with van der Waals surface area (Å²) in [7, 11) is 0. The van der Waals surface area contributed by atoms with Crippen molar-refractivity contribution in [2.45, 2.75) is 44.0 Å². The van der Waals surface area contributed by atoms with Gasteiger partial charge in [0, 0.05) is 28.2 Å². The maximum atomic E-state index is 12.2. The van der Waals surface area contributed by atoms with E-state index in [-0.39, 0.29) is 17.4 Å². The van der Waals surface area contributed by atoms with Crippen LogP contribution in [0.2, 0.25) is 0 Å². The number of amides is 2. The molecular formula is C15H20N2O2S. The van der Waals surface area contributed by atoms with Crippen molar-refractivity contribution < 1.29 is 9.59 Å². The van der Waals surface area contributed by atoms with Crippen LogP contribution in [0.4, 0.5) is 5.69 Å². The molecule has 0 radical (unpaired) electrons. The van der Waals surface area contributed by atoms with Gasteiger partial charge in [0.1, 0.15) is 0 Å². The summed E-state index contributed by atoms with van der Waals surface area (Å²) in [4.78, 5) is 24.8. The topological polar surface area (TPSA) is 58.2 Å². The summed E-state index contributed by atoms with van der Waals surface area (Å²) < 4.78 is 0. The van der Waals surface area contributed by atoms with Crippen molar-refractivity contribution in [3.63, 3.8) is 0 Å². The van der Waals surface area contributed by atoms with E-state index in [1.54, 1.807) is 17.8 Å². The van der Waals surface area contributed by atoms with Crippen molar-refractivity contribution in [1.29, 1.82) is 0 Å². The maximum Gasteiger partial charge on any atom is 0.251 e. The van der Waals surface area contributed by atoms with Crippen molar-refractivity contribution in [3.05, 3.63) is 23.8 Å². The minimum Gasteiger partial charge on any atom is -0.347 e. The molecule has 0 saturated carbocycles. The predicted molar refractivity (Wildman–Crippen MR) is 82.2 cm³/mol. The zero-order valence-electron chi connectivity index (χ0n) is 12.1. The Morgan fingerprint density at radius 3 is 2.90 bits per heavy atom. The lowest BCUT2D eigenvalue weighted by molar-refractivity contribution is -0.115. The molecule has 108 valence electrons. The van der Waals surface area contributed by atoms with Gasteiger partial charge in [0.15, 0.2) is 0 Å². The molecule has 1 heterocycles. The fraction of sp³-hybridized carbons (Fsp3) is 0.467. The zero-order chi connectivity index (χ0) is 14.8. The van der Waals surface area contributed by atoms with Gasteiger partial charge in [0.25, 0.3) is 5.91 Å². The second kappa shape index (κ2) is 5.87. The number of fused-ring (bicyclic) bond motifs is 1. The number of nitrogens with one attached hydrogen (secondary N) is 2. The molecule has 0 aliphatic carbocycles. The van der Waals surface area contributed by atoms with Gasteiger partial charge >= 0.3 is 0 Å². The van der Waals surface area contributed by atoms with Crippen molar-refractivity contribution >= 4 is 29.3 Å². The summed E-state index contributed by atoms with van der Waals surface area (Å²) in [6.07, 6.45) is 1.36. The Kier molecular flexibility index (Phi) is 4.38. The smallest absolute Gasteiger partial charge is 0.251 e. The summed E-state index contributed by atoms with van der Waals surface area (Å²) in [5.41, 5.74) is 1.08. The highest BCUT2D eigenvalue weighted by Crippen LogP contribution is 2.31. The first-order valence-electron chi connectivity index (χ1n) is 6.80. The van der Waals surface area contributed by atoms with E-state index in [1.807, 2.05) is 32.9 Å². The van der Waals surface area contributed by atoms with Crippen LogP contribution in [0, 0.1) is 0 Å². The Hall–Kier alpha value is -1.49. The second-order valence-electron chi connectivity index (χ2n) is 5.55. The molecule has 1 aliphatic heterocycles. The van der Waals surface area contributed by atoms with Crippen LogP contribution in [0.3, 0.4) is 0 Å². The van der Waals surface area contributed by atoms with Gasteiger partial charge < -0.3 is 10.6 Å². The highest BCUT2D eigenvalue weighted by Gasteiger charge is 2.20. The van der Waals surface area contributed by atoms with Gasteiger partial charge in [0.05, 0.1) is 5.69 Å². The average molecular weight is 292 g/mol. The van der Waals surface area contributed by atoms with E-state index in [2.05, 4.69) is 10.6 Å². The van der Waals surface area contributed by atoms with Gasteiger partial charge in [-0.1, -0.05) is 6.92 Å². The molecule has 0 fully saturated rings. The lowest BCUT2D eigenvalue weighted by Crippen LogP contribution is -2.42. The van der Waals surface area contributed by atoms with E-state index in [4.69, 9.17) is 0 Å². The van der Waals surface area contributed by atoms with E-state index in [1.165, 1.54) is 0 Å². The Morgan fingerprint density at radius 2 is 2.20 bits per heavy atom. The molecule has 2 amide bonds. The third-order valence-electron chi connectivity index (χ3n) is 3.44. The number of carbonyl (C=O) groups excluding carboxylic acids is 2. The number of benzene rings is 1. The van der Waals surface area contributed by atoms with Gasteiger partial charge in [0.2, 0.25) is 5.91 Å². The summed E-state index contributed by atoms with van der Waals surface area (Å²) in [5.74, 6) is 0.665. The summed E-state index contributed by atoms with van der Waals surface area (Å²) in [6, 6.07) is 5.47. The Morgan fingerprint density at radius 1 is 1.45 bits per heavy atom. The van der Waals surface area contributed by atoms with Gasteiger partial charge in [-0.3, -0.25) is 9.59 Å². The lowest BCUT2D eigenvalue weighted by Gasteiger charge is -2.24. The molecule has 2 N–H and O–H groups in total. The molecule has 4 nitrogen and oxygen atoms in total. The lowest BCUT2D eigenvalue weighted by atomic mass is 10.0. The van der Waals surface area contributed by atoms with E-state index in [9.17, 15) is 9.59 Å². The van der Waals surface area contributed by atoms with E-state index >= 15 is 0 Å². The monoisotopic (exact) mass is 292 g/mol. The Balaban J connectivity index is 2.22. The van der Waals surface area contributed by atoms with Crippen LogP contribution in [0.25, 0.3) is 0 Å². The number of anilines is 1. The first kappa shape index (κ1) is 14.9. The first-order chi connectivity index (χ1) is 9.41. The molecule has 0 spiro atoms. The SMILES string of the molecule is CCC(C)(C)NC(=O)c1ccc2c(c1)NC(=O)CCS2. The van der Waals surface area contributed by atoms with Gasteiger partial charge in [-0.25, -0.2) is 0 Å². The molecule has 0 saturated heterocycles. The van der Waals surface area contributed by atoms with Crippen molar-refractivity contribution in [3.8, 4) is 0 Å². The molecule has 2 rings (SSSR count). The minimum atomic E-state index is -0.234. The van der Waals surface area contributed by atoms with Crippen LogP contribution in [-0.4, -0.2) is 23.1 Å². The van der Waals surface area contributed by atoms with Crippen molar-refractivity contribution in [2.75, 3.05) is 11.1 Å². The van der Waals surface area contributed by atoms with Crippen molar-refractivity contribution in [2.24, 2.45) is 0 Å². The van der Waals surface area contributed by atoms with E-state index < -0.39 is 0 Å². The Labute approximate surface area is 123 Å². The molecule has 1 aromatic carbocycles. The minimum absolute atomic E-state index is 0.00250. The number of thioether (sulfide) groups is 1. The number of carbonyl (C=O) groups is 2. The van der Waals surface area contributed by atoms with Gasteiger partial charge in [-0.2, -0.15) is 0 Å². The third kappa shape index (κ3) is 3.54. The van der Waals surface area contributed by atoms with E-state index in [0.717, 1.165) is 22.8 Å². The Bertz CT molecular complexity index is 541. The van der Waals surface area contributed by atoms with Crippen LogP contribution >= 0.6 is 11.8 Å². The normalized spacial score (nSPS) is 15.1. The molecule has 0 unspecified atom stereocenters. The summed E-state index contributed by atoms with van der Waals surface area (Å²) in [6.45, 7) is 6.02. The number of rotatable bonds is 3. The fourth-order valence-electron chi connectivity index (χ4n) is 1.83. The van der Waals surface area contributed by atoms with E-state index in [0.29, 0.717) is 12.0 Å². The molecular weight excluding hydrogens is 272 g/mol. The molecule has 0 bridgehead atoms. The molecule has 20 heavy (non-hydrogen) atoms. The third-order valence-corrected chi connectivity index (χ3v) is 4.51. The number of hydrogen-bond donors (Lipinski definition) is 2. The maximum absolute atomic E-state index is 12.2. The first-order valence-corrected chi connectivity index (χ1v) is 7.79. The summed E-state index contributed by atoms with van der Waals surface area (Å²) in [5, 5.41) is 5.85. The standard InChI is InChI=1S/C15H20N2O2S/c1-4-15(2,3)17-14(19)10-5-6-12-11(9-10)16-13(18)7-8-20-12/h5-6,9H,4,7-8H2,1-3H3,(H,16,18)(H,17,19).